The van der Waals surface area contributed by atoms with Crippen LogP contribution in [0, 0.1) is 5.92 Å². The van der Waals surface area contributed by atoms with Gasteiger partial charge in [-0.15, -0.1) is 0 Å². The molecule has 0 saturated heterocycles. The van der Waals surface area contributed by atoms with Gasteiger partial charge in [-0.3, -0.25) is 24.0 Å². The molecule has 106 valence electrons. The number of allylic oxidation sites excluding steroid dienone is 4. The summed E-state index contributed by atoms with van der Waals surface area (Å²) in [5.41, 5.74) is -7.84. The molecule has 0 saturated carbocycles. The lowest BCUT2D eigenvalue weighted by molar-refractivity contribution is -0.136. The number of carbonyl (C=O) groups is 5. The molecule has 10 heteroatoms. The van der Waals surface area contributed by atoms with E-state index in [1.807, 2.05) is 0 Å². The van der Waals surface area contributed by atoms with Gasteiger partial charge in [0.2, 0.25) is 0 Å². The quantitative estimate of drug-likeness (QED) is 0.550. The second-order valence-electron chi connectivity index (χ2n) is 3.41. The Bertz CT molecular complexity index is 582. The van der Waals surface area contributed by atoms with Crippen LogP contribution in [0.1, 0.15) is 0 Å². The third-order valence-electron chi connectivity index (χ3n) is 2.41. The maximum absolute atomic E-state index is 12.7. The van der Waals surface area contributed by atoms with E-state index >= 15 is 0 Å². The normalized spacial score (nSPS) is 15.7. The van der Waals surface area contributed by atoms with Gasteiger partial charge in [0.25, 0.3) is 0 Å². The van der Waals surface area contributed by atoms with Crippen LogP contribution in [0.5, 0.6) is 0 Å². The fourth-order valence-corrected chi connectivity index (χ4v) is 1.76. The minimum atomic E-state index is -3.01. The summed E-state index contributed by atoms with van der Waals surface area (Å²) in [4.78, 5) is 52.8. The van der Waals surface area contributed by atoms with E-state index in [0.717, 1.165) is 0 Å². The van der Waals surface area contributed by atoms with Gasteiger partial charge in [-0.05, 0) is 0 Å². The summed E-state index contributed by atoms with van der Waals surface area (Å²) in [7, 11) is 0. The molecule has 0 fully saturated rings. The second-order valence-corrected chi connectivity index (χ2v) is 3.41. The molecule has 1 aliphatic carbocycles. The molecule has 0 radical (unpaired) electrons. The monoisotopic (exact) mass is 296 g/mol. The standard InChI is InChI=1S/C10HF5O5/c11-6(16)1-2(7(12)17)4(9(14)19)5(10(15)20)3(1)8(13)18/h1H. The minimum Gasteiger partial charge on any atom is -0.260 e. The first kappa shape index (κ1) is 15.5. The molecule has 0 aromatic heterocycles. The van der Waals surface area contributed by atoms with Gasteiger partial charge < -0.3 is 0 Å². The predicted octanol–water partition coefficient (Wildman–Crippen LogP) is 0.690. The molecule has 0 bridgehead atoms. The van der Waals surface area contributed by atoms with Crippen LogP contribution in [0.4, 0.5) is 22.0 Å². The van der Waals surface area contributed by atoms with Gasteiger partial charge in [0.05, 0.1) is 22.3 Å². The molecule has 0 aliphatic heterocycles. The Morgan fingerprint density at radius 2 is 0.900 bits per heavy atom. The number of hydrogen-bond donors (Lipinski definition) is 0. The third-order valence-corrected chi connectivity index (χ3v) is 2.41. The SMILES string of the molecule is O=C(F)C1=C(C(=O)F)C(C(=O)F)C(C(=O)F)=C1C(=O)F. The van der Waals surface area contributed by atoms with Crippen LogP contribution in [0.15, 0.2) is 22.3 Å². The highest BCUT2D eigenvalue weighted by molar-refractivity contribution is 6.21. The van der Waals surface area contributed by atoms with Gasteiger partial charge in [0, 0.05) is 0 Å². The van der Waals surface area contributed by atoms with Gasteiger partial charge in [-0.2, -0.15) is 22.0 Å². The molecule has 1 aliphatic rings. The summed E-state index contributed by atoms with van der Waals surface area (Å²) in [5.74, 6) is -3.01. The van der Waals surface area contributed by atoms with Gasteiger partial charge in [-0.1, -0.05) is 0 Å². The van der Waals surface area contributed by atoms with E-state index in [4.69, 9.17) is 0 Å². The average Bonchev–Trinajstić information content (AvgIpc) is 2.64. The van der Waals surface area contributed by atoms with Crippen molar-refractivity contribution in [1.29, 1.82) is 0 Å². The van der Waals surface area contributed by atoms with Crippen LogP contribution in [0.3, 0.4) is 0 Å². The maximum Gasteiger partial charge on any atom is 0.333 e. The van der Waals surface area contributed by atoms with Crippen LogP contribution in [-0.2, 0) is 24.0 Å². The highest BCUT2D eigenvalue weighted by Gasteiger charge is 2.49. The van der Waals surface area contributed by atoms with Crippen molar-refractivity contribution >= 4 is 30.2 Å². The molecule has 0 N–H and O–H groups in total. The van der Waals surface area contributed by atoms with E-state index in [1.54, 1.807) is 0 Å². The summed E-state index contributed by atoms with van der Waals surface area (Å²) in [6.07, 6.45) is 0. The molecule has 0 atom stereocenters. The van der Waals surface area contributed by atoms with Crippen molar-refractivity contribution in [3.8, 4) is 0 Å². The van der Waals surface area contributed by atoms with Gasteiger partial charge in [0.1, 0.15) is 5.92 Å². The summed E-state index contributed by atoms with van der Waals surface area (Å²) >= 11 is 0. The average molecular weight is 296 g/mol. The summed E-state index contributed by atoms with van der Waals surface area (Å²) in [5, 5.41) is 0. The fourth-order valence-electron chi connectivity index (χ4n) is 1.76. The number of rotatable bonds is 5. The zero-order chi connectivity index (χ0) is 15.8. The molecule has 1 rings (SSSR count). The Labute approximate surface area is 105 Å². The largest absolute Gasteiger partial charge is 0.333 e. The molecular weight excluding hydrogens is 295 g/mol. The second kappa shape index (κ2) is 5.23. The molecule has 20 heavy (non-hydrogen) atoms. The van der Waals surface area contributed by atoms with Crippen molar-refractivity contribution in [3.05, 3.63) is 22.3 Å². The Balaban J connectivity index is 3.85. The van der Waals surface area contributed by atoms with Crippen molar-refractivity contribution in [3.63, 3.8) is 0 Å². The van der Waals surface area contributed by atoms with Crippen LogP contribution in [0.25, 0.3) is 0 Å². The summed E-state index contributed by atoms with van der Waals surface area (Å²) < 4.78 is 63.4. The van der Waals surface area contributed by atoms with E-state index in [0.29, 0.717) is 0 Å². The molecular formula is C10HF5O5. The van der Waals surface area contributed by atoms with Gasteiger partial charge in [0.15, 0.2) is 0 Å². The van der Waals surface area contributed by atoms with E-state index in [9.17, 15) is 45.9 Å². The zero-order valence-electron chi connectivity index (χ0n) is 9.01. The van der Waals surface area contributed by atoms with Crippen LogP contribution >= 0.6 is 0 Å². The molecule has 5 nitrogen and oxygen atoms in total. The number of halogens is 5. The van der Waals surface area contributed by atoms with Crippen LogP contribution in [0.2, 0.25) is 0 Å². The van der Waals surface area contributed by atoms with E-state index in [2.05, 4.69) is 0 Å². The zero-order valence-corrected chi connectivity index (χ0v) is 9.01. The first-order valence-electron chi connectivity index (χ1n) is 4.58. The molecule has 0 heterocycles. The van der Waals surface area contributed by atoms with Crippen molar-refractivity contribution in [2.75, 3.05) is 0 Å². The highest BCUT2D eigenvalue weighted by atomic mass is 19.2. The predicted molar refractivity (Wildman–Crippen MR) is 48.1 cm³/mol. The molecule has 0 unspecified atom stereocenters. The first-order valence-corrected chi connectivity index (χ1v) is 4.58. The van der Waals surface area contributed by atoms with Crippen LogP contribution < -0.4 is 0 Å². The van der Waals surface area contributed by atoms with Crippen LogP contribution in [-0.4, -0.2) is 30.2 Å². The lowest BCUT2D eigenvalue weighted by atomic mass is 9.96. The minimum absolute atomic E-state index is 1.94. The Hall–Kier alpha value is -2.52. The van der Waals surface area contributed by atoms with Gasteiger partial charge >= 0.3 is 30.2 Å². The molecule has 0 aromatic carbocycles. The lowest BCUT2D eigenvalue weighted by Crippen LogP contribution is -2.20. The van der Waals surface area contributed by atoms with E-state index in [1.165, 1.54) is 0 Å². The molecule has 0 amide bonds. The maximum atomic E-state index is 12.7. The Morgan fingerprint density at radius 1 is 0.600 bits per heavy atom. The summed E-state index contributed by atoms with van der Waals surface area (Å²) in [6, 6.07) is -14.0. The third kappa shape index (κ3) is 2.31. The number of carbonyl (C=O) groups excluding carboxylic acids is 5. The smallest absolute Gasteiger partial charge is 0.260 e. The van der Waals surface area contributed by atoms with Gasteiger partial charge in [-0.25, -0.2) is 0 Å². The van der Waals surface area contributed by atoms with Crippen molar-refractivity contribution in [2.45, 2.75) is 0 Å². The van der Waals surface area contributed by atoms with Crippen molar-refractivity contribution < 1.29 is 45.9 Å². The lowest BCUT2D eigenvalue weighted by Gasteiger charge is -2.06. The summed E-state index contributed by atoms with van der Waals surface area (Å²) in [6.45, 7) is 0. The highest BCUT2D eigenvalue weighted by Crippen LogP contribution is 2.41. The van der Waals surface area contributed by atoms with Crippen molar-refractivity contribution in [2.24, 2.45) is 5.92 Å². The topological polar surface area (TPSA) is 85.3 Å². The van der Waals surface area contributed by atoms with Crippen molar-refractivity contribution in [1.82, 2.24) is 0 Å². The van der Waals surface area contributed by atoms with E-state index in [-0.39, 0.29) is 0 Å². The Kier molecular flexibility index (Phi) is 4.06. The number of hydrogen-bond acceptors (Lipinski definition) is 5. The fraction of sp³-hybridized carbons (Fsp3) is 0.100. The van der Waals surface area contributed by atoms with E-state index < -0.39 is 58.4 Å². The molecule has 0 spiro atoms. The first-order chi connectivity index (χ1) is 9.11. The Morgan fingerprint density at radius 3 is 1.05 bits per heavy atom. The molecule has 0 aromatic rings.